The van der Waals surface area contributed by atoms with E-state index >= 15 is 0 Å². The molecule has 0 spiro atoms. The van der Waals surface area contributed by atoms with Gasteiger partial charge in [-0.3, -0.25) is 0 Å². The molecule has 0 saturated heterocycles. The van der Waals surface area contributed by atoms with Crippen molar-refractivity contribution in [3.05, 3.63) is 47.8 Å². The van der Waals surface area contributed by atoms with Gasteiger partial charge in [0.15, 0.2) is 0 Å². The van der Waals surface area contributed by atoms with Gasteiger partial charge in [0, 0.05) is 11.8 Å². The van der Waals surface area contributed by atoms with Crippen LogP contribution in [-0.4, -0.2) is 17.5 Å². The zero-order chi connectivity index (χ0) is 13.3. The Hall–Kier alpha value is -1.63. The van der Waals surface area contributed by atoms with Gasteiger partial charge in [-0.1, -0.05) is 30.3 Å². The zero-order valence-electron chi connectivity index (χ0n) is 9.87. The van der Waals surface area contributed by atoms with Crippen LogP contribution in [0.4, 0.5) is 0 Å². The number of aliphatic hydroxyl groups excluding tert-OH is 1. The van der Waals surface area contributed by atoms with E-state index in [1.165, 1.54) is 6.20 Å². The summed E-state index contributed by atoms with van der Waals surface area (Å²) in [6.07, 6.45) is 1.42. The van der Waals surface area contributed by atoms with Crippen molar-refractivity contribution < 1.29 is 13.5 Å². The number of hydrogen-bond acceptors (Lipinski definition) is 3. The first kappa shape index (κ1) is 12.8. The maximum atomic E-state index is 11.4. The highest BCUT2D eigenvalue weighted by Gasteiger charge is 2.19. The summed E-state index contributed by atoms with van der Waals surface area (Å²) < 4.78 is 23.8. The minimum Gasteiger partial charge on any atom is -0.390 e. The summed E-state index contributed by atoms with van der Waals surface area (Å²) in [5, 5.41) is 14.5. The van der Waals surface area contributed by atoms with Crippen molar-refractivity contribution in [3.8, 4) is 11.1 Å². The number of hydrogen-bond donors (Lipinski definition) is 2. The number of rotatable bonds is 3. The van der Waals surface area contributed by atoms with Gasteiger partial charge in [0.05, 0.1) is 12.3 Å². The van der Waals surface area contributed by atoms with Crippen molar-refractivity contribution in [2.45, 2.75) is 13.5 Å². The summed E-state index contributed by atoms with van der Waals surface area (Å²) in [6.45, 7) is 1.39. The standard InChI is InChI=1S/C12H14N2O3S/c1-9-7-14(18(13,16)17)11(8-15)12(9)10-5-3-2-4-6-10/h2-7,15H,8H2,1H3,(H2,13,16,17). The molecule has 0 unspecified atom stereocenters. The van der Waals surface area contributed by atoms with Gasteiger partial charge in [0.1, 0.15) is 0 Å². The predicted molar refractivity (Wildman–Crippen MR) is 69.0 cm³/mol. The predicted octanol–water partition coefficient (Wildman–Crippen LogP) is 1.01. The lowest BCUT2D eigenvalue weighted by atomic mass is 10.0. The fourth-order valence-electron chi connectivity index (χ4n) is 2.03. The highest BCUT2D eigenvalue weighted by atomic mass is 32.2. The number of nitrogens with two attached hydrogens (primary N) is 1. The molecule has 96 valence electrons. The van der Waals surface area contributed by atoms with Crippen molar-refractivity contribution in [2.24, 2.45) is 5.14 Å². The summed E-state index contributed by atoms with van der Waals surface area (Å²) in [4.78, 5) is 0. The topological polar surface area (TPSA) is 85.3 Å². The number of aryl methyl sites for hydroxylation is 1. The monoisotopic (exact) mass is 266 g/mol. The Kier molecular flexibility index (Phi) is 3.25. The number of nitrogens with zero attached hydrogens (tertiary/aromatic N) is 1. The summed E-state index contributed by atoms with van der Waals surface area (Å²) in [6, 6.07) is 9.28. The molecule has 0 saturated carbocycles. The Balaban J connectivity index is 2.74. The van der Waals surface area contributed by atoms with Crippen LogP contribution in [0.15, 0.2) is 36.5 Å². The number of aliphatic hydroxyl groups is 1. The van der Waals surface area contributed by atoms with Crippen LogP contribution in [0.3, 0.4) is 0 Å². The zero-order valence-corrected chi connectivity index (χ0v) is 10.7. The quantitative estimate of drug-likeness (QED) is 0.869. The van der Waals surface area contributed by atoms with E-state index in [1.54, 1.807) is 6.92 Å². The third kappa shape index (κ3) is 2.17. The first-order chi connectivity index (χ1) is 8.45. The number of benzene rings is 1. The van der Waals surface area contributed by atoms with Crippen LogP contribution in [0.1, 0.15) is 11.3 Å². The van der Waals surface area contributed by atoms with Gasteiger partial charge < -0.3 is 5.11 Å². The maximum absolute atomic E-state index is 11.4. The lowest BCUT2D eigenvalue weighted by molar-refractivity contribution is 0.276. The van der Waals surface area contributed by atoms with E-state index in [9.17, 15) is 13.5 Å². The smallest absolute Gasteiger partial charge is 0.302 e. The summed E-state index contributed by atoms with van der Waals surface area (Å²) in [7, 11) is -3.90. The molecule has 1 aromatic heterocycles. The molecule has 2 rings (SSSR count). The second-order valence-corrected chi connectivity index (χ2v) is 5.42. The lowest BCUT2D eigenvalue weighted by Gasteiger charge is -2.07. The van der Waals surface area contributed by atoms with Gasteiger partial charge in [-0.2, -0.15) is 8.42 Å². The largest absolute Gasteiger partial charge is 0.390 e. The van der Waals surface area contributed by atoms with Crippen molar-refractivity contribution in [1.82, 2.24) is 3.97 Å². The van der Waals surface area contributed by atoms with Crippen LogP contribution in [0.25, 0.3) is 11.1 Å². The fourth-order valence-corrected chi connectivity index (χ4v) is 2.79. The van der Waals surface area contributed by atoms with Gasteiger partial charge >= 0.3 is 10.2 Å². The van der Waals surface area contributed by atoms with E-state index in [1.807, 2.05) is 30.3 Å². The Labute approximate surface area is 106 Å². The van der Waals surface area contributed by atoms with Crippen LogP contribution in [0, 0.1) is 6.92 Å². The maximum Gasteiger partial charge on any atom is 0.302 e. The molecule has 3 N–H and O–H groups in total. The molecule has 2 aromatic rings. The van der Waals surface area contributed by atoms with E-state index in [4.69, 9.17) is 5.14 Å². The van der Waals surface area contributed by atoms with Crippen molar-refractivity contribution in [3.63, 3.8) is 0 Å². The van der Waals surface area contributed by atoms with Gasteiger partial charge in [-0.15, -0.1) is 0 Å². The Bertz CT molecular complexity index is 660. The first-order valence-electron chi connectivity index (χ1n) is 5.35. The van der Waals surface area contributed by atoms with Gasteiger partial charge in [0.25, 0.3) is 0 Å². The third-order valence-corrected chi connectivity index (χ3v) is 3.62. The van der Waals surface area contributed by atoms with E-state index in [-0.39, 0.29) is 5.69 Å². The first-order valence-corrected chi connectivity index (χ1v) is 6.86. The Morgan fingerprint density at radius 2 is 1.89 bits per heavy atom. The molecule has 0 fully saturated rings. The molecule has 0 atom stereocenters. The van der Waals surface area contributed by atoms with Gasteiger partial charge in [-0.25, -0.2) is 9.11 Å². The van der Waals surface area contributed by atoms with Crippen LogP contribution >= 0.6 is 0 Å². The van der Waals surface area contributed by atoms with Crippen LogP contribution in [0.5, 0.6) is 0 Å². The van der Waals surface area contributed by atoms with Crippen LogP contribution in [-0.2, 0) is 16.8 Å². The fraction of sp³-hybridized carbons (Fsp3) is 0.167. The SMILES string of the molecule is Cc1cn(S(N)(=O)=O)c(CO)c1-c1ccccc1. The lowest BCUT2D eigenvalue weighted by Crippen LogP contribution is -2.23. The molecule has 0 aliphatic carbocycles. The molecular weight excluding hydrogens is 252 g/mol. The van der Waals surface area contributed by atoms with E-state index < -0.39 is 16.8 Å². The normalized spacial score (nSPS) is 11.7. The van der Waals surface area contributed by atoms with Crippen LogP contribution < -0.4 is 5.14 Å². The molecule has 0 radical (unpaired) electrons. The van der Waals surface area contributed by atoms with E-state index in [2.05, 4.69) is 0 Å². The molecular formula is C12H14N2O3S. The van der Waals surface area contributed by atoms with Gasteiger partial charge in [0.2, 0.25) is 0 Å². The Morgan fingerprint density at radius 1 is 1.28 bits per heavy atom. The molecule has 5 nitrogen and oxygen atoms in total. The molecule has 18 heavy (non-hydrogen) atoms. The minimum absolute atomic E-state index is 0.279. The van der Waals surface area contributed by atoms with Crippen molar-refractivity contribution in [2.75, 3.05) is 0 Å². The minimum atomic E-state index is -3.90. The average Bonchev–Trinajstić information content (AvgIpc) is 2.67. The van der Waals surface area contributed by atoms with Crippen molar-refractivity contribution in [1.29, 1.82) is 0 Å². The highest BCUT2D eigenvalue weighted by Crippen LogP contribution is 2.29. The summed E-state index contributed by atoms with van der Waals surface area (Å²) >= 11 is 0. The second-order valence-electron chi connectivity index (χ2n) is 4.00. The molecule has 0 aliphatic rings. The highest BCUT2D eigenvalue weighted by molar-refractivity contribution is 7.87. The Morgan fingerprint density at radius 3 is 2.39 bits per heavy atom. The average molecular weight is 266 g/mol. The molecule has 1 aromatic carbocycles. The van der Waals surface area contributed by atoms with Crippen molar-refractivity contribution >= 4 is 10.2 Å². The molecule has 0 amide bonds. The third-order valence-electron chi connectivity index (χ3n) is 2.75. The molecule has 0 aliphatic heterocycles. The summed E-state index contributed by atoms with van der Waals surface area (Å²) in [5.74, 6) is 0. The van der Waals surface area contributed by atoms with E-state index in [0.29, 0.717) is 5.56 Å². The molecule has 1 heterocycles. The summed E-state index contributed by atoms with van der Waals surface area (Å²) in [5.41, 5.74) is 2.58. The van der Waals surface area contributed by atoms with Crippen LogP contribution in [0.2, 0.25) is 0 Å². The number of aromatic nitrogens is 1. The van der Waals surface area contributed by atoms with E-state index in [0.717, 1.165) is 15.1 Å². The molecule has 0 bridgehead atoms. The van der Waals surface area contributed by atoms with Gasteiger partial charge in [-0.05, 0) is 18.1 Å². The second kappa shape index (κ2) is 4.56. The molecule has 6 heteroatoms.